The molecule has 134 heavy (non-hydrogen) atoms. The largest absolute Gasteiger partial charge is 0.459 e. The number of rotatable bonds is 17. The number of fused-ring (bicyclic) bond motifs is 15. The highest BCUT2D eigenvalue weighted by Gasteiger charge is 2.81. The van der Waals surface area contributed by atoms with Gasteiger partial charge in [-0.05, 0) is 205 Å². The molecule has 27 atom stereocenters. The number of benzene rings is 3. The van der Waals surface area contributed by atoms with Crippen molar-refractivity contribution in [3.8, 4) is 0 Å². The van der Waals surface area contributed by atoms with E-state index in [9.17, 15) is 48.3 Å². The van der Waals surface area contributed by atoms with Crippen molar-refractivity contribution >= 4 is 84.3 Å². The summed E-state index contributed by atoms with van der Waals surface area (Å²) in [7, 11) is -6.30. The summed E-state index contributed by atoms with van der Waals surface area (Å²) in [6.07, 6.45) is -4.91. The first-order chi connectivity index (χ1) is 61.8. The molecule has 1 N–H and O–H groups in total. The Labute approximate surface area is 796 Å². The number of esters is 8. The number of hydrogen-bond donors (Lipinski definition) is 1. The Morgan fingerprint density at radius 2 is 0.694 bits per heavy atom. The number of carbonyl (C=O) groups is 10. The summed E-state index contributed by atoms with van der Waals surface area (Å²) in [5.41, 5.74) is -4.95. The quantitative estimate of drug-likeness (QED) is 0.0568. The highest BCUT2D eigenvalue weighted by molar-refractivity contribution is 6.70. The lowest BCUT2D eigenvalue weighted by molar-refractivity contribution is -0.353. The number of aliphatic hydroxyl groups excluding tert-OH is 1. The molecule has 3 heterocycles. The van der Waals surface area contributed by atoms with Gasteiger partial charge in [-0.2, -0.15) is 0 Å². The van der Waals surface area contributed by atoms with E-state index >= 15 is 4.79 Å². The maximum atomic E-state index is 15.2. The molecule has 15 rings (SSSR count). The van der Waals surface area contributed by atoms with Crippen molar-refractivity contribution in [3.63, 3.8) is 0 Å². The maximum Gasteiger partial charge on any atom is 0.338 e. The standard InChI is InChI=1S/C36H52O9Si.C36H50O9Si.C34H48O7Si/c2*1-20-17-26-36(19-41-26,44-23(4)38)29-31(43-32(40)24-15-13-12-14-16-24)34(7)18-25(45-46(9,10)11)21(2)27(33(34,5)6)28(39)30(35(20,29)8)42-22(3)37;1-20-16-26-34(19-38-26,40-22(3)35)28-29(39-30(37)23-14-12-11-13-15-23)33(7)18-25(41-42(8,9)10)21(2)27(31(33,4)5)24(36)17-32(20,28)6/h12-16,20,25-26,28-31,39H,17-19H2,1-11H3;12-16,20,25-26,29-31H,17-19H2,1-11H3;11-15,20,25-26,28-29H,16-19H2,1-10H3/t20-,25-,26+,28+,29?,30+,31-,34-,35+,36-;20-,25-,26+,29?,30+,31-,34-,35+,36-;20-,25-,26+,28?,29-,32+,33-,34-/m000/s1. The number of ketones is 2. The number of hydrogen-bond acceptors (Lipinski definition) is 25. The second-order valence-corrected chi connectivity index (χ2v) is 60.6. The molecule has 3 aromatic rings. The Balaban J connectivity index is 0.000000171. The molecule has 0 aromatic heterocycles. The van der Waals surface area contributed by atoms with Crippen LogP contribution in [0.2, 0.25) is 58.9 Å². The summed E-state index contributed by atoms with van der Waals surface area (Å²) in [4.78, 5) is 136. The molecule has 736 valence electrons. The summed E-state index contributed by atoms with van der Waals surface area (Å²) in [6.45, 7) is 63.3. The minimum atomic E-state index is -2.15. The van der Waals surface area contributed by atoms with Crippen molar-refractivity contribution in [2.75, 3.05) is 19.8 Å². The van der Waals surface area contributed by atoms with E-state index in [0.717, 1.165) is 27.9 Å². The molecule has 6 bridgehead atoms. The van der Waals surface area contributed by atoms with Crippen LogP contribution in [0.1, 0.15) is 235 Å². The molecular formula is C106H150O25Si3. The number of ether oxygens (including phenoxy) is 11. The Bertz CT molecular complexity index is 5190. The lowest BCUT2D eigenvalue weighted by Crippen LogP contribution is -2.80. The van der Waals surface area contributed by atoms with Crippen LogP contribution in [0.3, 0.4) is 0 Å². The van der Waals surface area contributed by atoms with E-state index in [1.807, 2.05) is 85.7 Å². The van der Waals surface area contributed by atoms with Crippen LogP contribution in [-0.2, 0) is 98.9 Å². The summed E-state index contributed by atoms with van der Waals surface area (Å²) < 4.78 is 90.3. The van der Waals surface area contributed by atoms with Crippen LogP contribution in [-0.4, -0.2) is 199 Å². The third-order valence-electron chi connectivity index (χ3n) is 35.1. The minimum absolute atomic E-state index is 0.0545. The lowest BCUT2D eigenvalue weighted by atomic mass is 9.40. The first kappa shape index (κ1) is 104. The molecule has 6 saturated carbocycles. The van der Waals surface area contributed by atoms with Gasteiger partial charge < -0.3 is 70.5 Å². The van der Waals surface area contributed by atoms with E-state index in [0.29, 0.717) is 60.8 Å². The third-order valence-corrected chi connectivity index (χ3v) is 38.1. The topological polar surface area (TPSA) is 320 Å². The third kappa shape index (κ3) is 17.2. The Kier molecular flexibility index (Phi) is 27.8. The van der Waals surface area contributed by atoms with Gasteiger partial charge in [-0.3, -0.25) is 33.6 Å². The SMILES string of the molecule is CC(=O)O[C@@H]1C(=O)C2=C(C)[C@@H](O[Si](C)(C)C)C[C@@](C)([C@@H](OC(=O)c3ccccc3)C3[C@@]1(C)[C@@H](C)C[C@H]1OC[C@@]31OC(C)=O)C2(C)C.CC(=O)O[C@@H]1[C@H](O)C2=C(C)[C@@H](O[Si](C)(C)C)C[C@@](C)([C@@H](OC(=O)c3ccccc3)C3[C@@]1(C)[C@@H](C)C[C@H]1OC[C@@]31OC(C)=O)C2(C)C.CC(=O)O[C@@]12CO[C@@H]1C[C@H](C)[C@@]1(C)CC(=O)C3=C(C)[C@@H](O[Si](C)(C)C)C[C@@](C)([C@@H](OC(=O)c4ccccc4)C12)C3(C)C. The first-order valence-corrected chi connectivity index (χ1v) is 58.5. The fraction of sp³-hybridized carbons (Fsp3) is 0.679. The van der Waals surface area contributed by atoms with Crippen molar-refractivity contribution in [3.05, 3.63) is 141 Å². The molecule has 3 aliphatic heterocycles. The number of carbonyl (C=O) groups excluding carboxylic acids is 10. The van der Waals surface area contributed by atoms with Crippen LogP contribution in [0.15, 0.2) is 124 Å². The molecule has 12 aliphatic rings. The fourth-order valence-corrected chi connectivity index (χ4v) is 30.6. The van der Waals surface area contributed by atoms with Crippen molar-refractivity contribution in [1.29, 1.82) is 0 Å². The van der Waals surface area contributed by atoms with Gasteiger partial charge in [0.1, 0.15) is 48.8 Å². The highest BCUT2D eigenvalue weighted by Crippen LogP contribution is 2.74. The molecular weight excluding hydrogens is 1760 g/mol. The van der Waals surface area contributed by atoms with Gasteiger partial charge in [0.25, 0.3) is 0 Å². The molecule has 3 saturated heterocycles. The molecule has 25 nitrogen and oxygen atoms in total. The lowest BCUT2D eigenvalue weighted by Gasteiger charge is -2.70. The predicted molar refractivity (Wildman–Crippen MR) is 510 cm³/mol. The van der Waals surface area contributed by atoms with Gasteiger partial charge in [-0.1, -0.05) is 158 Å². The zero-order valence-corrected chi connectivity index (χ0v) is 88.4. The van der Waals surface area contributed by atoms with Crippen molar-refractivity contribution < 1.29 is 118 Å². The van der Waals surface area contributed by atoms with Crippen LogP contribution < -0.4 is 0 Å². The van der Waals surface area contributed by atoms with Crippen LogP contribution >= 0.6 is 0 Å². The number of Topliss-reactive ketones (excluding diaryl/α,β-unsaturated/α-hetero) is 2. The second-order valence-electron chi connectivity index (χ2n) is 47.2. The van der Waals surface area contributed by atoms with Gasteiger partial charge >= 0.3 is 47.8 Å². The van der Waals surface area contributed by atoms with Gasteiger partial charge in [-0.15, -0.1) is 0 Å². The average molecular weight is 1910 g/mol. The van der Waals surface area contributed by atoms with E-state index in [4.69, 9.17) is 65.4 Å². The first-order valence-electron chi connectivity index (χ1n) is 48.3. The zero-order chi connectivity index (χ0) is 99.4. The van der Waals surface area contributed by atoms with Crippen LogP contribution in [0.4, 0.5) is 0 Å². The molecule has 9 aliphatic carbocycles. The van der Waals surface area contributed by atoms with E-state index in [1.54, 1.807) is 60.7 Å². The van der Waals surface area contributed by atoms with Crippen LogP contribution in [0.25, 0.3) is 0 Å². The second kappa shape index (κ2) is 35.9. The smallest absolute Gasteiger partial charge is 0.338 e. The Hall–Kier alpha value is -7.65. The number of aliphatic hydroxyl groups is 1. The summed E-state index contributed by atoms with van der Waals surface area (Å²) in [5, 5.41) is 12.6. The molecule has 3 unspecified atom stereocenters. The van der Waals surface area contributed by atoms with Gasteiger partial charge in [0.15, 0.2) is 53.6 Å². The van der Waals surface area contributed by atoms with Gasteiger partial charge in [0.05, 0.1) is 66.7 Å². The maximum absolute atomic E-state index is 15.2. The van der Waals surface area contributed by atoms with Crippen molar-refractivity contribution in [1.82, 2.24) is 0 Å². The summed E-state index contributed by atoms with van der Waals surface area (Å²) >= 11 is 0. The molecule has 0 spiro atoms. The predicted octanol–water partition coefficient (Wildman–Crippen LogP) is 18.4. The normalized spacial score (nSPS) is 39.1. The van der Waals surface area contributed by atoms with E-state index < -0.39 is 211 Å². The fourth-order valence-electron chi connectivity index (χ4n) is 27.3. The van der Waals surface area contributed by atoms with E-state index in [1.165, 1.54) is 34.6 Å². The highest BCUT2D eigenvalue weighted by atomic mass is 28.4. The monoisotopic (exact) mass is 1910 g/mol. The van der Waals surface area contributed by atoms with Gasteiger partial charge in [0, 0.05) is 96.0 Å². The molecule has 0 radical (unpaired) electrons. The molecule has 9 fully saturated rings. The average Bonchev–Trinajstić information content (AvgIpc) is 0.641. The van der Waals surface area contributed by atoms with E-state index in [-0.39, 0.29) is 73.9 Å². The number of allylic oxidation sites excluding steroid dienone is 1. The Morgan fingerprint density at radius 1 is 0.381 bits per heavy atom. The zero-order valence-electron chi connectivity index (χ0n) is 85.4. The van der Waals surface area contributed by atoms with Crippen molar-refractivity contribution in [2.45, 2.75) is 353 Å². The molecule has 28 heteroatoms. The van der Waals surface area contributed by atoms with Gasteiger partial charge in [-0.25, -0.2) is 14.4 Å². The minimum Gasteiger partial charge on any atom is -0.459 e. The van der Waals surface area contributed by atoms with Crippen LogP contribution in [0, 0.1) is 84.2 Å². The Morgan fingerprint density at radius 3 is 1.04 bits per heavy atom. The van der Waals surface area contributed by atoms with Gasteiger partial charge in [0.2, 0.25) is 5.78 Å². The summed E-state index contributed by atoms with van der Waals surface area (Å²) in [6, 6.07) is 26.7. The molecule has 0 amide bonds. The summed E-state index contributed by atoms with van der Waals surface area (Å²) in [5.74, 6) is -6.47. The van der Waals surface area contributed by atoms with Crippen LogP contribution in [0.5, 0.6) is 0 Å². The molecule has 3 aromatic carbocycles. The van der Waals surface area contributed by atoms with E-state index in [2.05, 4.69) is 128 Å². The van der Waals surface area contributed by atoms with Crippen molar-refractivity contribution in [2.24, 2.45) is 84.2 Å².